The van der Waals surface area contributed by atoms with Crippen molar-refractivity contribution in [2.75, 3.05) is 40.6 Å². The molecule has 0 saturated carbocycles. The van der Waals surface area contributed by atoms with Gasteiger partial charge in [-0.05, 0) is 12.1 Å². The Morgan fingerprint density at radius 3 is 2.82 bits per heavy atom. The van der Waals surface area contributed by atoms with Gasteiger partial charge in [0.2, 0.25) is 5.91 Å². The van der Waals surface area contributed by atoms with Gasteiger partial charge in [-0.15, -0.1) is 0 Å². The number of hydrogen-bond donors (Lipinski definition) is 1. The Morgan fingerprint density at radius 2 is 2.04 bits per heavy atom. The number of carbonyl (C=O) groups is 1. The Balaban J connectivity index is 1.44. The summed E-state index contributed by atoms with van der Waals surface area (Å²) >= 11 is 4.72. The number of thioether (sulfide) groups is 2. The summed E-state index contributed by atoms with van der Waals surface area (Å²) in [6.07, 6.45) is 1.44. The van der Waals surface area contributed by atoms with Crippen LogP contribution in [-0.2, 0) is 4.79 Å². The number of amides is 1. The molecule has 1 aliphatic heterocycles. The molecule has 146 valence electrons. The highest BCUT2D eigenvalue weighted by Gasteiger charge is 2.18. The molecule has 1 fully saturated rings. The van der Waals surface area contributed by atoms with Crippen LogP contribution in [0.15, 0.2) is 29.6 Å². The van der Waals surface area contributed by atoms with Crippen molar-refractivity contribution in [1.29, 1.82) is 0 Å². The van der Waals surface area contributed by atoms with Crippen molar-refractivity contribution < 1.29 is 13.6 Å². The fourth-order valence-electron chi connectivity index (χ4n) is 2.62. The minimum Gasteiger partial charge on any atom is -0.346 e. The first-order chi connectivity index (χ1) is 13.6. The number of carbonyl (C=O) groups excluding carboxylic acids is 1. The number of aromatic nitrogens is 3. The summed E-state index contributed by atoms with van der Waals surface area (Å²) in [6.45, 7) is 1.91. The molecule has 6 nitrogen and oxygen atoms in total. The van der Waals surface area contributed by atoms with Crippen LogP contribution in [0, 0.1) is 11.6 Å². The lowest BCUT2D eigenvalue weighted by Gasteiger charge is -2.25. The van der Waals surface area contributed by atoms with Gasteiger partial charge in [0.15, 0.2) is 22.4 Å². The second kappa shape index (κ2) is 8.58. The first-order valence-corrected chi connectivity index (χ1v) is 11.4. The lowest BCUT2D eigenvalue weighted by Crippen LogP contribution is -2.32. The fraction of sp³-hybridized carbons (Fsp3) is 0.294. The van der Waals surface area contributed by atoms with Gasteiger partial charge in [0.05, 0.1) is 5.75 Å². The first-order valence-electron chi connectivity index (χ1n) is 8.42. The highest BCUT2D eigenvalue weighted by atomic mass is 32.2. The maximum Gasteiger partial charge on any atom is 0.234 e. The number of halogens is 2. The monoisotopic (exact) mass is 439 g/mol. The number of benzene rings is 1. The molecule has 0 unspecified atom stereocenters. The number of nitrogens with zero attached hydrogens (tertiary/aromatic N) is 4. The van der Waals surface area contributed by atoms with Crippen molar-refractivity contribution in [2.45, 2.75) is 5.03 Å². The predicted octanol–water partition coefficient (Wildman–Crippen LogP) is 3.65. The van der Waals surface area contributed by atoms with E-state index in [9.17, 15) is 13.6 Å². The highest BCUT2D eigenvalue weighted by Crippen LogP contribution is 2.34. The van der Waals surface area contributed by atoms with Gasteiger partial charge in [0.25, 0.3) is 0 Å². The van der Waals surface area contributed by atoms with E-state index in [0.717, 1.165) is 46.6 Å². The van der Waals surface area contributed by atoms with Crippen LogP contribution < -0.4 is 10.2 Å². The average Bonchev–Trinajstić information content (AvgIpc) is 3.15. The zero-order chi connectivity index (χ0) is 19.5. The molecule has 28 heavy (non-hydrogen) atoms. The molecule has 0 aliphatic carbocycles. The molecule has 0 bridgehead atoms. The van der Waals surface area contributed by atoms with Crippen molar-refractivity contribution in [3.05, 3.63) is 36.2 Å². The number of thiazole rings is 1. The fourth-order valence-corrected chi connectivity index (χ4v) is 5.47. The molecule has 3 heterocycles. The normalized spacial score (nSPS) is 14.4. The molecule has 1 saturated heterocycles. The topological polar surface area (TPSA) is 71.0 Å². The Kier molecular flexibility index (Phi) is 5.93. The van der Waals surface area contributed by atoms with Crippen LogP contribution in [0.5, 0.6) is 0 Å². The number of anilines is 2. The zero-order valence-corrected chi connectivity index (χ0v) is 17.0. The Labute approximate surface area is 172 Å². The van der Waals surface area contributed by atoms with E-state index in [1.165, 1.54) is 35.5 Å². The van der Waals surface area contributed by atoms with E-state index in [1.807, 2.05) is 11.8 Å². The number of nitrogens with one attached hydrogen (secondary N) is 1. The summed E-state index contributed by atoms with van der Waals surface area (Å²) in [7, 11) is 0. The summed E-state index contributed by atoms with van der Waals surface area (Å²) in [4.78, 5) is 27.5. The maximum absolute atomic E-state index is 13.3. The van der Waals surface area contributed by atoms with E-state index >= 15 is 0 Å². The van der Waals surface area contributed by atoms with E-state index in [2.05, 4.69) is 25.2 Å². The van der Waals surface area contributed by atoms with Gasteiger partial charge in [-0.1, -0.05) is 23.1 Å². The number of fused-ring (bicyclic) bond motifs is 1. The Hall–Kier alpha value is -1.98. The molecular weight excluding hydrogens is 424 g/mol. The lowest BCUT2D eigenvalue weighted by molar-refractivity contribution is -0.113. The lowest BCUT2D eigenvalue weighted by atomic mass is 10.3. The molecule has 1 amide bonds. The van der Waals surface area contributed by atoms with E-state index in [4.69, 9.17) is 0 Å². The number of hydrogen-bond acceptors (Lipinski definition) is 8. The summed E-state index contributed by atoms with van der Waals surface area (Å²) in [5, 5.41) is 4.15. The zero-order valence-electron chi connectivity index (χ0n) is 14.5. The molecule has 0 radical (unpaired) electrons. The third-order valence-electron chi connectivity index (χ3n) is 3.97. The second-order valence-corrected chi connectivity index (χ2v) is 9.06. The highest BCUT2D eigenvalue weighted by molar-refractivity contribution is 8.00. The van der Waals surface area contributed by atoms with Crippen LogP contribution in [0.25, 0.3) is 10.3 Å². The van der Waals surface area contributed by atoms with Crippen LogP contribution in [0.1, 0.15) is 0 Å². The van der Waals surface area contributed by atoms with Crippen LogP contribution >= 0.6 is 34.9 Å². The van der Waals surface area contributed by atoms with Gasteiger partial charge in [-0.3, -0.25) is 4.79 Å². The van der Waals surface area contributed by atoms with Crippen LogP contribution in [-0.4, -0.2) is 51.2 Å². The molecule has 11 heteroatoms. The van der Waals surface area contributed by atoms with Gasteiger partial charge < -0.3 is 10.2 Å². The molecule has 0 atom stereocenters. The Bertz CT molecular complexity index is 1010. The van der Waals surface area contributed by atoms with Gasteiger partial charge in [-0.2, -0.15) is 16.7 Å². The molecule has 4 rings (SSSR count). The summed E-state index contributed by atoms with van der Waals surface area (Å²) in [5.41, 5.74) is 0.831. The standard InChI is InChI=1S/C17H15F2N5OS3/c18-11-2-1-10(7-12(11)19)22-13(25)8-27-16-14-15(20-9-21-16)23-17(28-14)24-3-5-26-6-4-24/h1-2,7,9H,3-6,8H2,(H,22,25). The molecule has 0 spiro atoms. The SMILES string of the molecule is O=C(CSc1ncnc2nc(N3CCSCC3)sc12)Nc1ccc(F)c(F)c1. The quantitative estimate of drug-likeness (QED) is 0.481. The average molecular weight is 440 g/mol. The predicted molar refractivity (Wildman–Crippen MR) is 110 cm³/mol. The third-order valence-corrected chi connectivity index (χ3v) is 7.15. The minimum atomic E-state index is -1.00. The first kappa shape index (κ1) is 19.3. The molecule has 1 N–H and O–H groups in total. The van der Waals surface area contributed by atoms with E-state index in [-0.39, 0.29) is 17.3 Å². The summed E-state index contributed by atoms with van der Waals surface area (Å²) < 4.78 is 27.1. The van der Waals surface area contributed by atoms with Crippen molar-refractivity contribution in [3.8, 4) is 0 Å². The minimum absolute atomic E-state index is 0.0820. The van der Waals surface area contributed by atoms with E-state index < -0.39 is 11.6 Å². The number of rotatable bonds is 5. The molecule has 2 aromatic heterocycles. The van der Waals surface area contributed by atoms with Gasteiger partial charge in [0, 0.05) is 36.3 Å². The molecule has 1 aliphatic rings. The molecular formula is C17H15F2N5OS3. The van der Waals surface area contributed by atoms with Crippen molar-refractivity contribution in [1.82, 2.24) is 15.0 Å². The van der Waals surface area contributed by atoms with Gasteiger partial charge in [-0.25, -0.2) is 18.7 Å². The van der Waals surface area contributed by atoms with Crippen molar-refractivity contribution >= 4 is 61.9 Å². The van der Waals surface area contributed by atoms with Crippen molar-refractivity contribution in [2.24, 2.45) is 0 Å². The van der Waals surface area contributed by atoms with E-state index in [0.29, 0.717) is 10.7 Å². The van der Waals surface area contributed by atoms with Crippen molar-refractivity contribution in [3.63, 3.8) is 0 Å². The molecule has 3 aromatic rings. The largest absolute Gasteiger partial charge is 0.346 e. The molecule has 1 aromatic carbocycles. The van der Waals surface area contributed by atoms with Crippen LogP contribution in [0.4, 0.5) is 19.6 Å². The second-order valence-electron chi connectivity index (χ2n) is 5.89. The third kappa shape index (κ3) is 4.36. The smallest absolute Gasteiger partial charge is 0.234 e. The van der Waals surface area contributed by atoms with Gasteiger partial charge in [0.1, 0.15) is 16.1 Å². The Morgan fingerprint density at radius 1 is 1.21 bits per heavy atom. The van der Waals surface area contributed by atoms with Crippen LogP contribution in [0.2, 0.25) is 0 Å². The van der Waals surface area contributed by atoms with Gasteiger partial charge >= 0.3 is 0 Å². The van der Waals surface area contributed by atoms with Crippen LogP contribution in [0.3, 0.4) is 0 Å². The summed E-state index contributed by atoms with van der Waals surface area (Å²) in [5.74, 6) is -0.0553. The van der Waals surface area contributed by atoms with E-state index in [1.54, 1.807) is 0 Å². The summed E-state index contributed by atoms with van der Waals surface area (Å²) in [6, 6.07) is 3.24. The maximum atomic E-state index is 13.3.